The number of thioether (sulfide) groups is 2. The summed E-state index contributed by atoms with van der Waals surface area (Å²) in [5.41, 5.74) is 2.57. The zero-order valence-electron chi connectivity index (χ0n) is 22.0. The molecule has 2 unspecified atom stereocenters. The summed E-state index contributed by atoms with van der Waals surface area (Å²) in [7, 11) is 0. The molecule has 2 atom stereocenters. The van der Waals surface area contributed by atoms with Crippen LogP contribution in [0.5, 0.6) is 0 Å². The number of benzene rings is 3. The summed E-state index contributed by atoms with van der Waals surface area (Å²) in [4.78, 5) is 41.1. The first-order valence-electron chi connectivity index (χ1n) is 12.6. The van der Waals surface area contributed by atoms with E-state index < -0.39 is 22.4 Å². The largest absolute Gasteiger partial charge is 0.321 e. The number of hydrogen-bond acceptors (Lipinski definition) is 8. The van der Waals surface area contributed by atoms with Gasteiger partial charge in [-0.3, -0.25) is 14.4 Å². The lowest BCUT2D eigenvalue weighted by atomic mass is 9.94. The molecule has 3 aromatic carbocycles. The van der Waals surface area contributed by atoms with Crippen molar-refractivity contribution in [2.24, 2.45) is 0 Å². The van der Waals surface area contributed by atoms with E-state index in [-0.39, 0.29) is 22.9 Å². The van der Waals surface area contributed by atoms with Crippen molar-refractivity contribution in [3.8, 4) is 23.3 Å². The summed E-state index contributed by atoms with van der Waals surface area (Å²) < 4.78 is 26.7. The fraction of sp³-hybridized carbons (Fsp3) is 0.0625. The number of carbonyl (C=O) groups excluding carboxylic acids is 3. The molecular weight excluding hydrogens is 591 g/mol. The smallest absolute Gasteiger partial charge is 0.260 e. The lowest BCUT2D eigenvalue weighted by Crippen LogP contribution is -2.29. The van der Waals surface area contributed by atoms with Gasteiger partial charge in [-0.25, -0.2) is 9.37 Å². The Morgan fingerprint density at radius 1 is 0.744 bits per heavy atom. The highest BCUT2D eigenvalue weighted by molar-refractivity contribution is 8.12. The van der Waals surface area contributed by atoms with Crippen LogP contribution < -0.4 is 5.32 Å². The fourth-order valence-corrected chi connectivity index (χ4v) is 6.77. The van der Waals surface area contributed by atoms with Crippen LogP contribution in [0, 0.1) is 34.4 Å². The molecule has 1 amide bonds. The molecule has 0 saturated carbocycles. The zero-order valence-corrected chi connectivity index (χ0v) is 23.6. The van der Waals surface area contributed by atoms with E-state index >= 15 is 0 Å². The SMILES string of the molecule is N#CC1SC2=C(SC1C#N)C(=O)c1ccccc1C2=O.O=C(Nc1ccccc1-c1ccc(F)cc1)c1cccnc1F. The van der Waals surface area contributed by atoms with Crippen molar-refractivity contribution < 1.29 is 23.2 Å². The third-order valence-electron chi connectivity index (χ3n) is 6.39. The van der Waals surface area contributed by atoms with Gasteiger partial charge in [-0.1, -0.05) is 78.1 Å². The Bertz CT molecular complexity index is 1820. The molecule has 1 aliphatic heterocycles. The minimum atomic E-state index is -0.829. The van der Waals surface area contributed by atoms with Gasteiger partial charge in [-0.2, -0.15) is 14.9 Å². The van der Waals surface area contributed by atoms with E-state index in [2.05, 4.69) is 10.3 Å². The first-order valence-corrected chi connectivity index (χ1v) is 14.4. The van der Waals surface area contributed by atoms with Gasteiger partial charge in [0.05, 0.1) is 27.5 Å². The maximum Gasteiger partial charge on any atom is 0.260 e. The maximum absolute atomic E-state index is 13.6. The average molecular weight is 609 g/mol. The van der Waals surface area contributed by atoms with Gasteiger partial charge < -0.3 is 5.32 Å². The minimum Gasteiger partial charge on any atom is -0.321 e. The molecule has 0 bridgehead atoms. The summed E-state index contributed by atoms with van der Waals surface area (Å²) in [6, 6.07) is 26.5. The highest BCUT2D eigenvalue weighted by Gasteiger charge is 2.41. The van der Waals surface area contributed by atoms with Crippen LogP contribution in [-0.4, -0.2) is 33.0 Å². The van der Waals surface area contributed by atoms with Gasteiger partial charge >= 0.3 is 0 Å². The summed E-state index contributed by atoms with van der Waals surface area (Å²) in [6.07, 6.45) is 1.28. The third kappa shape index (κ3) is 6.09. The molecule has 6 rings (SSSR count). The molecule has 1 aliphatic carbocycles. The van der Waals surface area contributed by atoms with Gasteiger partial charge in [0.1, 0.15) is 16.3 Å². The van der Waals surface area contributed by atoms with Gasteiger partial charge in [0.2, 0.25) is 17.5 Å². The normalized spacial score (nSPS) is 16.9. The number of para-hydroxylation sites is 1. The zero-order chi connectivity index (χ0) is 30.5. The molecule has 210 valence electrons. The lowest BCUT2D eigenvalue weighted by Gasteiger charge is -2.28. The number of ketones is 2. The second-order valence-electron chi connectivity index (χ2n) is 9.05. The van der Waals surface area contributed by atoms with Crippen LogP contribution in [0.4, 0.5) is 14.5 Å². The average Bonchev–Trinajstić information content (AvgIpc) is 3.04. The maximum atomic E-state index is 13.6. The molecule has 2 aliphatic rings. The molecule has 0 radical (unpaired) electrons. The Kier molecular flexibility index (Phi) is 8.77. The Morgan fingerprint density at radius 3 is 1.81 bits per heavy atom. The van der Waals surface area contributed by atoms with Crippen LogP contribution in [0.1, 0.15) is 31.1 Å². The van der Waals surface area contributed by atoms with E-state index in [1.807, 2.05) is 12.1 Å². The summed E-state index contributed by atoms with van der Waals surface area (Å²) in [5, 5.41) is 19.6. The lowest BCUT2D eigenvalue weighted by molar-refractivity contribution is 0.0988. The number of halogens is 2. The molecule has 4 aromatic rings. The van der Waals surface area contributed by atoms with Crippen LogP contribution in [0.25, 0.3) is 11.1 Å². The number of pyridine rings is 1. The van der Waals surface area contributed by atoms with Crippen molar-refractivity contribution in [3.05, 3.63) is 129 Å². The number of nitriles is 2. The number of nitrogens with one attached hydrogen (secondary N) is 1. The Labute approximate surface area is 253 Å². The van der Waals surface area contributed by atoms with E-state index in [0.717, 1.165) is 29.1 Å². The molecular formula is C32H18F2N4O3S2. The molecule has 1 N–H and O–H groups in total. The van der Waals surface area contributed by atoms with Gasteiger partial charge in [0.25, 0.3) is 5.91 Å². The predicted molar refractivity (Wildman–Crippen MR) is 160 cm³/mol. The third-order valence-corrected chi connectivity index (χ3v) is 9.20. The Balaban J connectivity index is 0.000000173. The van der Waals surface area contributed by atoms with Crippen LogP contribution in [-0.2, 0) is 0 Å². The Hall–Kier alpha value is -5.10. The first-order chi connectivity index (χ1) is 20.8. The van der Waals surface area contributed by atoms with Gasteiger partial charge in [0, 0.05) is 28.6 Å². The Morgan fingerprint density at radius 2 is 1.28 bits per heavy atom. The topological polar surface area (TPSA) is 124 Å². The first kappa shape index (κ1) is 29.4. The van der Waals surface area contributed by atoms with Crippen LogP contribution in [0.3, 0.4) is 0 Å². The van der Waals surface area contributed by atoms with Crippen molar-refractivity contribution in [2.75, 3.05) is 5.32 Å². The van der Waals surface area contributed by atoms with Crippen LogP contribution in [0.15, 0.2) is 101 Å². The van der Waals surface area contributed by atoms with E-state index in [0.29, 0.717) is 32.2 Å². The summed E-state index contributed by atoms with van der Waals surface area (Å²) in [5.74, 6) is -2.23. The molecule has 43 heavy (non-hydrogen) atoms. The van der Waals surface area contributed by atoms with E-state index in [4.69, 9.17) is 10.5 Å². The quantitative estimate of drug-likeness (QED) is 0.251. The predicted octanol–water partition coefficient (Wildman–Crippen LogP) is 6.82. The number of Topliss-reactive ketones (excluding diaryl/α,β-unsaturated/α-hetero) is 2. The summed E-state index contributed by atoms with van der Waals surface area (Å²) in [6.45, 7) is 0. The molecule has 2 heterocycles. The monoisotopic (exact) mass is 608 g/mol. The van der Waals surface area contributed by atoms with Crippen molar-refractivity contribution in [3.63, 3.8) is 0 Å². The highest BCUT2D eigenvalue weighted by Crippen LogP contribution is 2.47. The van der Waals surface area contributed by atoms with Crippen molar-refractivity contribution in [1.29, 1.82) is 10.5 Å². The second kappa shape index (κ2) is 12.8. The van der Waals surface area contributed by atoms with Crippen molar-refractivity contribution in [2.45, 2.75) is 10.5 Å². The number of rotatable bonds is 3. The molecule has 1 aromatic heterocycles. The number of anilines is 1. The van der Waals surface area contributed by atoms with E-state index in [1.165, 1.54) is 30.5 Å². The van der Waals surface area contributed by atoms with Gasteiger partial charge in [-0.05, 0) is 35.9 Å². The van der Waals surface area contributed by atoms with Crippen LogP contribution in [0.2, 0.25) is 0 Å². The second-order valence-corrected chi connectivity index (χ2v) is 11.3. The van der Waals surface area contributed by atoms with E-state index in [9.17, 15) is 23.2 Å². The molecule has 7 nitrogen and oxygen atoms in total. The number of fused-ring (bicyclic) bond motifs is 1. The van der Waals surface area contributed by atoms with Gasteiger partial charge in [0.15, 0.2) is 0 Å². The van der Waals surface area contributed by atoms with Crippen LogP contribution >= 0.6 is 23.5 Å². The highest BCUT2D eigenvalue weighted by atomic mass is 32.2. The molecule has 11 heteroatoms. The number of carbonyl (C=O) groups is 3. The standard InChI is InChI=1S/C18H12F2N2O.C14H6N2O2S2/c19-13-9-7-12(8-10-13)14-4-1-2-6-16(14)22-18(23)15-5-3-11-21-17(15)20;15-5-9-10(6-16)20-14-12(18)8-4-2-1-3-7(8)11(17)13(14)19-9/h1-11H,(H,22,23);1-4,9-10H. The van der Waals surface area contributed by atoms with Crippen molar-refractivity contribution >= 4 is 46.7 Å². The number of amides is 1. The molecule has 0 spiro atoms. The number of allylic oxidation sites excluding steroid dienone is 2. The molecule has 0 fully saturated rings. The summed E-state index contributed by atoms with van der Waals surface area (Å²) >= 11 is 2.06. The fourth-order valence-electron chi connectivity index (χ4n) is 4.33. The molecule has 0 saturated heterocycles. The number of nitrogens with zero attached hydrogens (tertiary/aromatic N) is 3. The number of hydrogen-bond donors (Lipinski definition) is 1. The van der Waals surface area contributed by atoms with Gasteiger partial charge in [-0.15, -0.1) is 0 Å². The number of aromatic nitrogens is 1. The van der Waals surface area contributed by atoms with Crippen molar-refractivity contribution in [1.82, 2.24) is 4.98 Å². The van der Waals surface area contributed by atoms with E-state index in [1.54, 1.807) is 60.7 Å². The minimum absolute atomic E-state index is 0.138.